The van der Waals surface area contributed by atoms with Crippen LogP contribution >= 0.6 is 11.6 Å². The minimum Gasteiger partial charge on any atom is -0.504 e. The zero-order chi connectivity index (χ0) is 11.4. The molecule has 0 spiro atoms. The number of phenols is 1. The summed E-state index contributed by atoms with van der Waals surface area (Å²) in [5, 5.41) is 10.4. The van der Waals surface area contributed by atoms with Crippen LogP contribution in [0.4, 0.5) is 0 Å². The summed E-state index contributed by atoms with van der Waals surface area (Å²) in [5.41, 5.74) is 1.38. The van der Waals surface area contributed by atoms with Crippen LogP contribution in [0.2, 0.25) is 5.02 Å². The van der Waals surface area contributed by atoms with Gasteiger partial charge >= 0.3 is 0 Å². The van der Waals surface area contributed by atoms with Crippen molar-refractivity contribution < 1.29 is 14.7 Å². The Morgan fingerprint density at radius 2 is 2.20 bits per heavy atom. The lowest BCUT2D eigenvalue weighted by Gasteiger charge is -2.12. The average Bonchev–Trinajstić information content (AvgIpc) is 2.22. The summed E-state index contributed by atoms with van der Waals surface area (Å²) in [4.78, 5) is 4.45. The average molecular weight is 232 g/mol. The molecule has 1 aromatic rings. The van der Waals surface area contributed by atoms with Gasteiger partial charge < -0.3 is 14.7 Å². The van der Waals surface area contributed by atoms with Crippen LogP contribution in [0.5, 0.6) is 11.5 Å². The van der Waals surface area contributed by atoms with E-state index in [1.165, 1.54) is 7.11 Å². The Morgan fingerprint density at radius 1 is 1.53 bits per heavy atom. The Balaban J connectivity index is 3.12. The quantitative estimate of drug-likeness (QED) is 0.776. The fraction of sp³-hybridized carbons (Fsp3) is 0.400. The Hall–Kier alpha value is -0.970. The first-order valence-corrected chi connectivity index (χ1v) is 4.86. The number of halogens is 1. The molecule has 0 unspecified atom stereocenters. The number of hydrogen-bond donors (Lipinski definition) is 2. The Labute approximate surface area is 93.5 Å². The third-order valence-corrected chi connectivity index (χ3v) is 2.60. The van der Waals surface area contributed by atoms with E-state index in [9.17, 15) is 5.11 Å². The summed E-state index contributed by atoms with van der Waals surface area (Å²) >= 11 is 5.99. The second-order valence-corrected chi connectivity index (χ2v) is 3.55. The molecular weight excluding hydrogens is 218 g/mol. The van der Waals surface area contributed by atoms with Gasteiger partial charge in [0.05, 0.1) is 13.7 Å². The SMILES string of the molecule is COc1c(C)c(Cl)cc(CCON)c1O. The maximum absolute atomic E-state index is 9.84. The van der Waals surface area contributed by atoms with Gasteiger partial charge in [-0.05, 0) is 13.0 Å². The van der Waals surface area contributed by atoms with Crippen LogP contribution < -0.4 is 10.6 Å². The molecule has 0 amide bonds. The smallest absolute Gasteiger partial charge is 0.165 e. The maximum atomic E-state index is 9.84. The van der Waals surface area contributed by atoms with Crippen molar-refractivity contribution in [1.29, 1.82) is 0 Å². The highest BCUT2D eigenvalue weighted by molar-refractivity contribution is 6.31. The molecule has 0 radical (unpaired) electrons. The van der Waals surface area contributed by atoms with Crippen molar-refractivity contribution in [3.05, 3.63) is 22.2 Å². The molecule has 0 saturated heterocycles. The van der Waals surface area contributed by atoms with Gasteiger partial charge in [0.25, 0.3) is 0 Å². The number of phenolic OH excluding ortho intramolecular Hbond substituents is 1. The van der Waals surface area contributed by atoms with E-state index in [0.717, 1.165) is 0 Å². The summed E-state index contributed by atoms with van der Waals surface area (Å²) in [6, 6.07) is 1.69. The number of ether oxygens (including phenoxy) is 1. The molecule has 1 aromatic carbocycles. The molecule has 15 heavy (non-hydrogen) atoms. The summed E-state index contributed by atoms with van der Waals surface area (Å²) in [6.45, 7) is 2.10. The molecule has 0 aliphatic carbocycles. The van der Waals surface area contributed by atoms with Crippen molar-refractivity contribution >= 4 is 11.6 Å². The monoisotopic (exact) mass is 231 g/mol. The van der Waals surface area contributed by atoms with Gasteiger partial charge in [-0.3, -0.25) is 0 Å². The third kappa shape index (κ3) is 2.53. The predicted octanol–water partition coefficient (Wildman–Crippen LogP) is 1.80. The number of aromatic hydroxyl groups is 1. The minimum absolute atomic E-state index is 0.0939. The van der Waals surface area contributed by atoms with Crippen molar-refractivity contribution in [2.75, 3.05) is 13.7 Å². The van der Waals surface area contributed by atoms with E-state index in [1.807, 2.05) is 0 Å². The Kier molecular flexibility index (Phi) is 4.20. The predicted molar refractivity (Wildman–Crippen MR) is 58.2 cm³/mol. The number of benzene rings is 1. The molecule has 0 bridgehead atoms. The highest BCUT2D eigenvalue weighted by Gasteiger charge is 2.14. The van der Waals surface area contributed by atoms with Gasteiger partial charge in [0.2, 0.25) is 0 Å². The summed E-state index contributed by atoms with van der Waals surface area (Å²) < 4.78 is 5.07. The van der Waals surface area contributed by atoms with E-state index in [0.29, 0.717) is 34.9 Å². The largest absolute Gasteiger partial charge is 0.504 e. The first-order valence-electron chi connectivity index (χ1n) is 4.48. The topological polar surface area (TPSA) is 64.7 Å². The maximum Gasteiger partial charge on any atom is 0.165 e. The minimum atomic E-state index is 0.0939. The van der Waals surface area contributed by atoms with Crippen LogP contribution in [0.25, 0.3) is 0 Å². The fourth-order valence-corrected chi connectivity index (χ4v) is 1.59. The van der Waals surface area contributed by atoms with Crippen LogP contribution in [-0.4, -0.2) is 18.8 Å². The van der Waals surface area contributed by atoms with Crippen molar-refractivity contribution in [2.45, 2.75) is 13.3 Å². The second kappa shape index (κ2) is 5.21. The number of methoxy groups -OCH3 is 1. The number of nitrogens with two attached hydrogens (primary N) is 1. The van der Waals surface area contributed by atoms with Crippen molar-refractivity contribution in [2.24, 2.45) is 5.90 Å². The molecule has 0 aliphatic heterocycles. The van der Waals surface area contributed by atoms with Gasteiger partial charge in [0.1, 0.15) is 0 Å². The first-order chi connectivity index (χ1) is 7.11. The summed E-state index contributed by atoms with van der Waals surface area (Å²) in [7, 11) is 1.49. The van der Waals surface area contributed by atoms with E-state index < -0.39 is 0 Å². The van der Waals surface area contributed by atoms with Gasteiger partial charge in [-0.25, -0.2) is 5.90 Å². The highest BCUT2D eigenvalue weighted by Crippen LogP contribution is 2.38. The lowest BCUT2D eigenvalue weighted by atomic mass is 10.1. The van der Waals surface area contributed by atoms with Crippen LogP contribution in [-0.2, 0) is 11.3 Å². The van der Waals surface area contributed by atoms with Gasteiger partial charge in [0, 0.05) is 22.6 Å². The van der Waals surface area contributed by atoms with E-state index in [4.69, 9.17) is 22.2 Å². The van der Waals surface area contributed by atoms with Crippen LogP contribution in [0.1, 0.15) is 11.1 Å². The zero-order valence-electron chi connectivity index (χ0n) is 8.71. The van der Waals surface area contributed by atoms with Gasteiger partial charge in [-0.2, -0.15) is 0 Å². The van der Waals surface area contributed by atoms with Crippen LogP contribution in [0, 0.1) is 6.92 Å². The van der Waals surface area contributed by atoms with E-state index in [-0.39, 0.29) is 5.75 Å². The molecule has 3 N–H and O–H groups in total. The zero-order valence-corrected chi connectivity index (χ0v) is 9.47. The van der Waals surface area contributed by atoms with Crippen molar-refractivity contribution in [3.63, 3.8) is 0 Å². The number of hydrogen-bond acceptors (Lipinski definition) is 4. The molecule has 1 rings (SSSR count). The van der Waals surface area contributed by atoms with Crippen molar-refractivity contribution in [3.8, 4) is 11.5 Å². The Bertz CT molecular complexity index is 355. The molecule has 0 aliphatic rings. The van der Waals surface area contributed by atoms with Crippen LogP contribution in [0.3, 0.4) is 0 Å². The molecule has 0 fully saturated rings. The molecular formula is C10H14ClNO3. The van der Waals surface area contributed by atoms with Crippen LogP contribution in [0.15, 0.2) is 6.07 Å². The van der Waals surface area contributed by atoms with E-state index >= 15 is 0 Å². The molecule has 84 valence electrons. The summed E-state index contributed by atoms with van der Waals surface area (Å²) in [6.07, 6.45) is 0.485. The van der Waals surface area contributed by atoms with E-state index in [2.05, 4.69) is 4.84 Å². The summed E-state index contributed by atoms with van der Waals surface area (Å²) in [5.74, 6) is 5.41. The highest BCUT2D eigenvalue weighted by atomic mass is 35.5. The van der Waals surface area contributed by atoms with Gasteiger partial charge in [-0.1, -0.05) is 11.6 Å². The Morgan fingerprint density at radius 3 is 2.73 bits per heavy atom. The lowest BCUT2D eigenvalue weighted by Crippen LogP contribution is -2.04. The first kappa shape index (κ1) is 12.1. The lowest BCUT2D eigenvalue weighted by molar-refractivity contribution is 0.140. The molecule has 0 aromatic heterocycles. The molecule has 0 heterocycles. The van der Waals surface area contributed by atoms with Gasteiger partial charge in [0.15, 0.2) is 11.5 Å². The fourth-order valence-electron chi connectivity index (χ4n) is 1.37. The normalized spacial score (nSPS) is 10.4. The van der Waals surface area contributed by atoms with Crippen molar-refractivity contribution in [1.82, 2.24) is 0 Å². The standard InChI is InChI=1S/C10H14ClNO3/c1-6-8(11)5-7(3-4-15-12)9(13)10(6)14-2/h5,13H,3-4,12H2,1-2H3. The van der Waals surface area contributed by atoms with Gasteiger partial charge in [-0.15, -0.1) is 0 Å². The third-order valence-electron chi connectivity index (χ3n) is 2.21. The molecule has 5 heteroatoms. The number of rotatable bonds is 4. The molecule has 0 atom stereocenters. The molecule has 0 saturated carbocycles. The molecule has 4 nitrogen and oxygen atoms in total. The second-order valence-electron chi connectivity index (χ2n) is 3.15. The van der Waals surface area contributed by atoms with E-state index in [1.54, 1.807) is 13.0 Å².